The van der Waals surface area contributed by atoms with Gasteiger partial charge in [0.1, 0.15) is 0 Å². The fraction of sp³-hybridized carbons (Fsp3) is 0. The van der Waals surface area contributed by atoms with Gasteiger partial charge in [0.15, 0.2) is 0 Å². The fourth-order valence-electron chi connectivity index (χ4n) is 6.22. The van der Waals surface area contributed by atoms with Crippen LogP contribution in [0.3, 0.4) is 0 Å². The lowest BCUT2D eigenvalue weighted by Crippen LogP contribution is -1.94. The zero-order chi connectivity index (χ0) is 29.3. The summed E-state index contributed by atoms with van der Waals surface area (Å²) in [5.74, 6) is 0. The minimum absolute atomic E-state index is 1.06. The highest BCUT2D eigenvalue weighted by Gasteiger charge is 2.12. The Morgan fingerprint density at radius 3 is 1.50 bits per heavy atom. The van der Waals surface area contributed by atoms with Gasteiger partial charge in [-0.25, -0.2) is 0 Å². The molecular formula is C42H30N2. The largest absolute Gasteiger partial charge is 0.356 e. The van der Waals surface area contributed by atoms with Crippen molar-refractivity contribution in [2.75, 3.05) is 5.32 Å². The first-order chi connectivity index (χ1) is 21.8. The average molecular weight is 563 g/mol. The molecule has 1 aromatic heterocycles. The third-order valence-corrected chi connectivity index (χ3v) is 8.36. The van der Waals surface area contributed by atoms with Crippen molar-refractivity contribution in [1.82, 2.24) is 4.57 Å². The van der Waals surface area contributed by atoms with Crippen molar-refractivity contribution in [3.05, 3.63) is 176 Å². The van der Waals surface area contributed by atoms with Gasteiger partial charge >= 0.3 is 0 Å². The van der Waals surface area contributed by atoms with Gasteiger partial charge in [-0.15, -0.1) is 0 Å². The summed E-state index contributed by atoms with van der Waals surface area (Å²) in [6.07, 6.45) is 0. The second-order valence-electron chi connectivity index (χ2n) is 11.2. The quantitative estimate of drug-likeness (QED) is 0.213. The number of benzene rings is 7. The van der Waals surface area contributed by atoms with Crippen LogP contribution in [0.4, 0.5) is 11.4 Å². The van der Waals surface area contributed by atoms with Crippen LogP contribution in [0.1, 0.15) is 0 Å². The van der Waals surface area contributed by atoms with Crippen LogP contribution in [-0.2, 0) is 0 Å². The van der Waals surface area contributed by atoms with Crippen LogP contribution in [-0.4, -0.2) is 4.57 Å². The lowest BCUT2D eigenvalue weighted by atomic mass is 9.99. The Labute approximate surface area is 257 Å². The van der Waals surface area contributed by atoms with Crippen molar-refractivity contribution in [2.24, 2.45) is 0 Å². The number of rotatable bonds is 6. The molecule has 1 heterocycles. The van der Waals surface area contributed by atoms with Crippen LogP contribution >= 0.6 is 0 Å². The summed E-state index contributed by atoms with van der Waals surface area (Å²) < 4.78 is 2.37. The van der Waals surface area contributed by atoms with Gasteiger partial charge in [0.05, 0.1) is 11.0 Å². The summed E-state index contributed by atoms with van der Waals surface area (Å²) in [4.78, 5) is 0. The van der Waals surface area contributed by atoms with Gasteiger partial charge in [-0.1, -0.05) is 121 Å². The van der Waals surface area contributed by atoms with Gasteiger partial charge < -0.3 is 9.88 Å². The maximum atomic E-state index is 3.62. The van der Waals surface area contributed by atoms with E-state index in [1.54, 1.807) is 0 Å². The molecule has 2 heteroatoms. The number of nitrogens with zero attached hydrogens (tertiary/aromatic N) is 1. The molecular weight excluding hydrogens is 532 g/mol. The van der Waals surface area contributed by atoms with Crippen LogP contribution in [0.5, 0.6) is 0 Å². The molecule has 208 valence electrons. The summed E-state index contributed by atoms with van der Waals surface area (Å²) in [6.45, 7) is 0. The van der Waals surface area contributed by atoms with E-state index in [2.05, 4.69) is 186 Å². The number of aromatic nitrogens is 1. The Bertz CT molecular complexity index is 2190. The van der Waals surface area contributed by atoms with E-state index in [4.69, 9.17) is 0 Å². The molecule has 0 spiro atoms. The van der Waals surface area contributed by atoms with Crippen molar-refractivity contribution in [2.45, 2.75) is 0 Å². The van der Waals surface area contributed by atoms with E-state index in [0.717, 1.165) is 17.1 Å². The van der Waals surface area contributed by atoms with Gasteiger partial charge in [-0.05, 0) is 88.0 Å². The smallest absolute Gasteiger partial charge is 0.0541 e. The van der Waals surface area contributed by atoms with Gasteiger partial charge in [-0.3, -0.25) is 0 Å². The molecule has 0 atom stereocenters. The monoisotopic (exact) mass is 562 g/mol. The Hall–Kier alpha value is -5.86. The molecule has 2 nitrogen and oxygen atoms in total. The number of para-hydroxylation sites is 2. The number of hydrogen-bond donors (Lipinski definition) is 1. The molecule has 0 aliphatic carbocycles. The number of anilines is 2. The van der Waals surface area contributed by atoms with Gasteiger partial charge in [-0.2, -0.15) is 0 Å². The molecule has 0 saturated carbocycles. The SMILES string of the molecule is c1ccc(-c2cccc(-c3ccc(Nc4cccc(-c5cccc(-n6c7ccccc7c7ccccc76)c5)c4)cc3)c2)cc1. The second kappa shape index (κ2) is 11.1. The van der Waals surface area contributed by atoms with Gasteiger partial charge in [0.25, 0.3) is 0 Å². The fourth-order valence-corrected chi connectivity index (χ4v) is 6.22. The Kier molecular flexibility index (Phi) is 6.51. The van der Waals surface area contributed by atoms with Crippen molar-refractivity contribution in [3.8, 4) is 39.1 Å². The molecule has 0 fully saturated rings. The van der Waals surface area contributed by atoms with E-state index in [1.807, 2.05) is 0 Å². The van der Waals surface area contributed by atoms with Crippen LogP contribution in [0.2, 0.25) is 0 Å². The highest BCUT2D eigenvalue weighted by atomic mass is 15.0. The lowest BCUT2D eigenvalue weighted by molar-refractivity contribution is 1.18. The molecule has 0 aliphatic heterocycles. The van der Waals surface area contributed by atoms with E-state index in [-0.39, 0.29) is 0 Å². The molecule has 0 unspecified atom stereocenters. The van der Waals surface area contributed by atoms with Crippen LogP contribution in [0.15, 0.2) is 176 Å². The number of fused-ring (bicyclic) bond motifs is 3. The summed E-state index contributed by atoms with van der Waals surface area (Å²) >= 11 is 0. The maximum Gasteiger partial charge on any atom is 0.0541 e. The van der Waals surface area contributed by atoms with Crippen LogP contribution < -0.4 is 5.32 Å². The standard InChI is InChI=1S/C42H30N2/c1-2-11-30(12-3-1)32-13-8-14-33(27-32)31-23-25-36(26-24-31)43-37-17-9-15-34(28-37)35-16-10-18-38(29-35)44-41-21-6-4-19-39(41)40-20-5-7-22-42(40)44/h1-29,43H. The molecule has 44 heavy (non-hydrogen) atoms. The Morgan fingerprint density at radius 1 is 0.318 bits per heavy atom. The summed E-state index contributed by atoms with van der Waals surface area (Å²) in [6, 6.07) is 62.7. The van der Waals surface area contributed by atoms with E-state index < -0.39 is 0 Å². The van der Waals surface area contributed by atoms with Crippen LogP contribution in [0.25, 0.3) is 60.9 Å². The minimum Gasteiger partial charge on any atom is -0.356 e. The highest BCUT2D eigenvalue weighted by molar-refractivity contribution is 6.09. The van der Waals surface area contributed by atoms with E-state index >= 15 is 0 Å². The van der Waals surface area contributed by atoms with Crippen molar-refractivity contribution in [1.29, 1.82) is 0 Å². The van der Waals surface area contributed by atoms with Crippen molar-refractivity contribution >= 4 is 33.2 Å². The number of hydrogen-bond acceptors (Lipinski definition) is 1. The zero-order valence-electron chi connectivity index (χ0n) is 24.2. The van der Waals surface area contributed by atoms with E-state index in [0.29, 0.717) is 0 Å². The van der Waals surface area contributed by atoms with Crippen LogP contribution in [0, 0.1) is 0 Å². The number of nitrogens with one attached hydrogen (secondary N) is 1. The first-order valence-electron chi connectivity index (χ1n) is 15.0. The van der Waals surface area contributed by atoms with Gasteiger partial charge in [0.2, 0.25) is 0 Å². The first-order valence-corrected chi connectivity index (χ1v) is 15.0. The zero-order valence-corrected chi connectivity index (χ0v) is 24.2. The van der Waals surface area contributed by atoms with Gasteiger partial charge in [0, 0.05) is 27.8 Å². The third kappa shape index (κ3) is 4.83. The molecule has 1 N–H and O–H groups in total. The first kappa shape index (κ1) is 25.8. The Balaban J connectivity index is 1.07. The average Bonchev–Trinajstić information content (AvgIpc) is 3.44. The van der Waals surface area contributed by atoms with E-state index in [9.17, 15) is 0 Å². The summed E-state index contributed by atoms with van der Waals surface area (Å²) in [5, 5.41) is 6.16. The summed E-state index contributed by atoms with van der Waals surface area (Å²) in [7, 11) is 0. The topological polar surface area (TPSA) is 17.0 Å². The lowest BCUT2D eigenvalue weighted by Gasteiger charge is -2.12. The molecule has 8 rings (SSSR count). The molecule has 8 aromatic rings. The van der Waals surface area contributed by atoms with E-state index in [1.165, 1.54) is 55.2 Å². The third-order valence-electron chi connectivity index (χ3n) is 8.36. The minimum atomic E-state index is 1.06. The summed E-state index contributed by atoms with van der Waals surface area (Å²) in [5.41, 5.74) is 12.9. The molecule has 0 bridgehead atoms. The predicted octanol–water partition coefficient (Wildman–Crippen LogP) is 11.5. The molecule has 0 amide bonds. The molecule has 0 aliphatic rings. The molecule has 0 radical (unpaired) electrons. The van der Waals surface area contributed by atoms with Crippen molar-refractivity contribution in [3.63, 3.8) is 0 Å². The second-order valence-corrected chi connectivity index (χ2v) is 11.2. The normalized spacial score (nSPS) is 11.2. The Morgan fingerprint density at radius 2 is 0.818 bits per heavy atom. The molecule has 7 aromatic carbocycles. The molecule has 0 saturated heterocycles. The maximum absolute atomic E-state index is 3.62. The predicted molar refractivity (Wildman–Crippen MR) is 187 cm³/mol. The highest BCUT2D eigenvalue weighted by Crippen LogP contribution is 2.34. The van der Waals surface area contributed by atoms with Crippen molar-refractivity contribution < 1.29 is 0 Å².